The summed E-state index contributed by atoms with van der Waals surface area (Å²) in [7, 11) is -3.94. The number of aromatic nitrogens is 1. The topological polar surface area (TPSA) is 76.1 Å². The highest BCUT2D eigenvalue weighted by atomic mass is 35.5. The van der Waals surface area contributed by atoms with E-state index in [1.165, 1.54) is 38.1 Å². The lowest BCUT2D eigenvalue weighted by molar-refractivity contribution is -0.117. The third kappa shape index (κ3) is 3.93. The van der Waals surface area contributed by atoms with Crippen LogP contribution in [0.3, 0.4) is 0 Å². The summed E-state index contributed by atoms with van der Waals surface area (Å²) in [5, 5.41) is 3.04. The molecule has 144 valence electrons. The number of carbonyl (C=O) groups excluding carboxylic acids is 1. The lowest BCUT2D eigenvalue weighted by Gasteiger charge is -2.23. The Morgan fingerprint density at radius 1 is 0.964 bits per heavy atom. The molecule has 0 saturated heterocycles. The van der Waals surface area contributed by atoms with E-state index in [9.17, 15) is 13.2 Å². The molecule has 3 rings (SSSR count). The molecule has 0 fully saturated rings. The fraction of sp³-hybridized carbons (Fsp3) is 0.143. The highest BCUT2D eigenvalue weighted by Crippen LogP contribution is 2.28. The summed E-state index contributed by atoms with van der Waals surface area (Å²) >= 11 is 5.83. The Kier molecular flexibility index (Phi) is 5.54. The summed E-state index contributed by atoms with van der Waals surface area (Å²) in [5.74, 6) is -0.383. The van der Waals surface area contributed by atoms with Gasteiger partial charge in [-0.05, 0) is 61.4 Å². The first kappa shape index (κ1) is 20.0. The van der Waals surface area contributed by atoms with Crippen LogP contribution in [0, 0.1) is 0 Å². The number of carbonyl (C=O) groups is 1. The Hall–Kier alpha value is -2.70. The summed E-state index contributed by atoms with van der Waals surface area (Å²) in [6.07, 6.45) is 1.57. The minimum absolute atomic E-state index is 0.0306. The molecule has 0 atom stereocenters. The van der Waals surface area contributed by atoms with Gasteiger partial charge in [-0.1, -0.05) is 41.9 Å². The number of hydrogen-bond acceptors (Lipinski definition) is 4. The van der Waals surface area contributed by atoms with E-state index < -0.39 is 20.5 Å². The lowest BCUT2D eigenvalue weighted by atomic mass is 10.1. The quantitative estimate of drug-likeness (QED) is 0.662. The first-order valence-corrected chi connectivity index (χ1v) is 10.4. The number of halogens is 1. The number of anilines is 1. The summed E-state index contributed by atoms with van der Waals surface area (Å²) in [5.41, 5.74) is 1.83. The smallest absolute Gasteiger partial charge is 0.246 e. The van der Waals surface area contributed by atoms with Crippen molar-refractivity contribution in [2.45, 2.75) is 23.5 Å². The van der Waals surface area contributed by atoms with E-state index in [-0.39, 0.29) is 10.7 Å². The van der Waals surface area contributed by atoms with Crippen molar-refractivity contribution in [3.05, 3.63) is 77.9 Å². The van der Waals surface area contributed by atoms with Gasteiger partial charge in [0.15, 0.2) is 9.84 Å². The fourth-order valence-corrected chi connectivity index (χ4v) is 4.11. The van der Waals surface area contributed by atoms with Crippen LogP contribution in [0.25, 0.3) is 11.1 Å². The lowest BCUT2D eigenvalue weighted by Crippen LogP contribution is -2.44. The Labute approximate surface area is 169 Å². The van der Waals surface area contributed by atoms with Crippen molar-refractivity contribution in [3.8, 4) is 11.1 Å². The third-order valence-corrected chi connectivity index (χ3v) is 7.13. The molecule has 7 heteroatoms. The molecule has 2 aromatic carbocycles. The van der Waals surface area contributed by atoms with Crippen molar-refractivity contribution in [2.75, 3.05) is 5.32 Å². The molecule has 5 nitrogen and oxygen atoms in total. The second kappa shape index (κ2) is 7.73. The van der Waals surface area contributed by atoms with Crippen molar-refractivity contribution in [2.24, 2.45) is 0 Å². The predicted octanol–water partition coefficient (Wildman–Crippen LogP) is 4.59. The highest BCUT2D eigenvalue weighted by Gasteiger charge is 2.43. The molecule has 0 radical (unpaired) electrons. The normalized spacial score (nSPS) is 11.8. The monoisotopic (exact) mass is 414 g/mol. The van der Waals surface area contributed by atoms with E-state index in [1.807, 2.05) is 36.4 Å². The van der Waals surface area contributed by atoms with Gasteiger partial charge in [-0.2, -0.15) is 0 Å². The average Bonchev–Trinajstić information content (AvgIpc) is 2.69. The van der Waals surface area contributed by atoms with Gasteiger partial charge in [-0.3, -0.25) is 4.79 Å². The fourth-order valence-electron chi connectivity index (χ4n) is 2.61. The third-order valence-electron chi connectivity index (χ3n) is 4.45. The van der Waals surface area contributed by atoms with Crippen LogP contribution in [0.1, 0.15) is 13.8 Å². The van der Waals surface area contributed by atoms with Crippen molar-refractivity contribution in [1.82, 2.24) is 4.98 Å². The van der Waals surface area contributed by atoms with Gasteiger partial charge in [0, 0.05) is 11.2 Å². The zero-order chi connectivity index (χ0) is 20.4. The Morgan fingerprint density at radius 3 is 2.25 bits per heavy atom. The molecule has 1 N–H and O–H groups in total. The molecule has 0 saturated carbocycles. The molecule has 0 aliphatic heterocycles. The van der Waals surface area contributed by atoms with Crippen LogP contribution in [-0.2, 0) is 14.6 Å². The number of benzene rings is 2. The molecule has 0 aliphatic rings. The van der Waals surface area contributed by atoms with Crippen molar-refractivity contribution < 1.29 is 13.2 Å². The number of rotatable bonds is 5. The second-order valence-corrected chi connectivity index (χ2v) is 9.65. The maximum atomic E-state index is 13.0. The zero-order valence-corrected chi connectivity index (χ0v) is 17.0. The number of nitrogens with one attached hydrogen (secondary N) is 1. The number of amides is 1. The van der Waals surface area contributed by atoms with Crippen LogP contribution in [0.4, 0.5) is 5.82 Å². The van der Waals surface area contributed by atoms with Crippen LogP contribution in [-0.4, -0.2) is 24.1 Å². The first-order valence-electron chi connectivity index (χ1n) is 8.55. The number of sulfone groups is 1. The minimum atomic E-state index is -3.94. The predicted molar refractivity (Wildman–Crippen MR) is 111 cm³/mol. The molecule has 0 spiro atoms. The Morgan fingerprint density at radius 2 is 1.61 bits per heavy atom. The van der Waals surface area contributed by atoms with Gasteiger partial charge >= 0.3 is 0 Å². The average molecular weight is 415 g/mol. The molecule has 1 aromatic heterocycles. The van der Waals surface area contributed by atoms with Crippen molar-refractivity contribution >= 4 is 33.2 Å². The number of nitrogens with zero attached hydrogens (tertiary/aromatic N) is 1. The maximum Gasteiger partial charge on any atom is 0.246 e. The SMILES string of the molecule is CC(C)(C(=O)Nc1cc(-c2ccccc2)ccn1)S(=O)(=O)c1ccc(Cl)cc1. The standard InChI is InChI=1S/C21H19ClN2O3S/c1-21(2,28(26,27)18-10-8-17(22)9-11-18)20(25)24-19-14-16(12-13-23-19)15-6-4-3-5-7-15/h3-14H,1-2H3,(H,23,24,25). The van der Waals surface area contributed by atoms with Crippen molar-refractivity contribution in [3.63, 3.8) is 0 Å². The molecular weight excluding hydrogens is 396 g/mol. The largest absolute Gasteiger partial charge is 0.309 e. The molecule has 0 bridgehead atoms. The van der Waals surface area contributed by atoms with E-state index in [0.717, 1.165) is 11.1 Å². The molecule has 0 unspecified atom stereocenters. The molecule has 0 aliphatic carbocycles. The van der Waals surface area contributed by atoms with E-state index in [4.69, 9.17) is 11.6 Å². The summed E-state index contributed by atoms with van der Waals surface area (Å²) in [6, 6.07) is 18.9. The van der Waals surface area contributed by atoms with E-state index in [2.05, 4.69) is 10.3 Å². The Bertz CT molecular complexity index is 1100. The number of hydrogen-bond donors (Lipinski definition) is 1. The van der Waals surface area contributed by atoms with Crippen LogP contribution >= 0.6 is 11.6 Å². The van der Waals surface area contributed by atoms with E-state index >= 15 is 0 Å². The van der Waals surface area contributed by atoms with Gasteiger partial charge in [-0.15, -0.1) is 0 Å². The summed E-state index contributed by atoms with van der Waals surface area (Å²) < 4.78 is 24.2. The van der Waals surface area contributed by atoms with Gasteiger partial charge in [0.1, 0.15) is 10.6 Å². The molecular formula is C21H19ClN2O3S. The van der Waals surface area contributed by atoms with Crippen LogP contribution in [0.2, 0.25) is 5.02 Å². The molecule has 28 heavy (non-hydrogen) atoms. The van der Waals surface area contributed by atoms with Gasteiger partial charge in [-0.25, -0.2) is 13.4 Å². The minimum Gasteiger partial charge on any atom is -0.309 e. The zero-order valence-electron chi connectivity index (χ0n) is 15.4. The molecule has 1 heterocycles. The van der Waals surface area contributed by atoms with Crippen LogP contribution in [0.15, 0.2) is 77.8 Å². The van der Waals surface area contributed by atoms with Crippen LogP contribution in [0.5, 0.6) is 0 Å². The highest BCUT2D eigenvalue weighted by molar-refractivity contribution is 7.93. The van der Waals surface area contributed by atoms with Crippen molar-refractivity contribution in [1.29, 1.82) is 0 Å². The summed E-state index contributed by atoms with van der Waals surface area (Å²) in [6.45, 7) is 2.74. The van der Waals surface area contributed by atoms with Gasteiger partial charge in [0.2, 0.25) is 5.91 Å². The van der Waals surface area contributed by atoms with E-state index in [0.29, 0.717) is 5.02 Å². The Balaban J connectivity index is 1.87. The second-order valence-electron chi connectivity index (χ2n) is 6.72. The van der Waals surface area contributed by atoms with Gasteiger partial charge < -0.3 is 5.32 Å². The molecule has 1 amide bonds. The number of pyridine rings is 1. The van der Waals surface area contributed by atoms with Gasteiger partial charge in [0.05, 0.1) is 4.90 Å². The van der Waals surface area contributed by atoms with Crippen LogP contribution < -0.4 is 5.32 Å². The maximum absolute atomic E-state index is 13.0. The van der Waals surface area contributed by atoms with E-state index in [1.54, 1.807) is 12.3 Å². The van der Waals surface area contributed by atoms with Gasteiger partial charge in [0.25, 0.3) is 0 Å². The molecule has 3 aromatic rings. The first-order chi connectivity index (χ1) is 13.2. The summed E-state index contributed by atoms with van der Waals surface area (Å²) in [4.78, 5) is 17.0.